The first-order chi connectivity index (χ1) is 12.9. The Labute approximate surface area is 154 Å². The molecule has 4 rings (SSSR count). The third kappa shape index (κ3) is 3.08. The number of oxazole rings is 1. The highest BCUT2D eigenvalue weighted by atomic mass is 19.1. The molecule has 1 amide bonds. The smallest absolute Gasteiger partial charge is 0.259 e. The summed E-state index contributed by atoms with van der Waals surface area (Å²) in [6, 6.07) is 11.3. The van der Waals surface area contributed by atoms with Gasteiger partial charge in [-0.2, -0.15) is 5.10 Å². The predicted molar refractivity (Wildman–Crippen MR) is 99.7 cm³/mol. The van der Waals surface area contributed by atoms with E-state index in [0.29, 0.717) is 45.3 Å². The van der Waals surface area contributed by atoms with Crippen LogP contribution >= 0.6 is 0 Å². The minimum Gasteiger partial charge on any atom is -0.441 e. The van der Waals surface area contributed by atoms with Crippen LogP contribution in [0.15, 0.2) is 46.9 Å². The Bertz CT molecular complexity index is 1160. The fourth-order valence-electron chi connectivity index (χ4n) is 3.12. The number of fused-ring (bicyclic) bond motifs is 1. The first-order valence-corrected chi connectivity index (χ1v) is 8.43. The zero-order valence-electron chi connectivity index (χ0n) is 15.1. The van der Waals surface area contributed by atoms with Gasteiger partial charge < -0.3 is 9.73 Å². The SMILES string of the molecule is Cc1nc2cc(NC(=O)c3c(C)nn(-c4ccc(F)cc4)c3C)ccc2o1. The number of rotatable bonds is 3. The molecule has 0 aliphatic rings. The van der Waals surface area contributed by atoms with Crippen molar-refractivity contribution < 1.29 is 13.6 Å². The van der Waals surface area contributed by atoms with Crippen LogP contribution in [0.1, 0.15) is 27.6 Å². The number of halogens is 1. The second-order valence-corrected chi connectivity index (χ2v) is 6.30. The van der Waals surface area contributed by atoms with Gasteiger partial charge in [-0.05, 0) is 56.3 Å². The molecule has 6 nitrogen and oxygen atoms in total. The molecule has 0 unspecified atom stereocenters. The van der Waals surface area contributed by atoms with E-state index >= 15 is 0 Å². The lowest BCUT2D eigenvalue weighted by molar-refractivity contribution is 0.102. The summed E-state index contributed by atoms with van der Waals surface area (Å²) < 4.78 is 20.2. The van der Waals surface area contributed by atoms with E-state index in [4.69, 9.17) is 4.42 Å². The van der Waals surface area contributed by atoms with E-state index in [-0.39, 0.29) is 11.7 Å². The summed E-state index contributed by atoms with van der Waals surface area (Å²) in [7, 11) is 0. The molecule has 7 heteroatoms. The van der Waals surface area contributed by atoms with Crippen molar-refractivity contribution in [2.75, 3.05) is 5.32 Å². The first-order valence-electron chi connectivity index (χ1n) is 8.43. The van der Waals surface area contributed by atoms with Crippen molar-refractivity contribution in [1.29, 1.82) is 0 Å². The molecule has 0 spiro atoms. The molecule has 1 N–H and O–H groups in total. The van der Waals surface area contributed by atoms with Crippen LogP contribution < -0.4 is 5.32 Å². The molecular weight excluding hydrogens is 347 g/mol. The van der Waals surface area contributed by atoms with Gasteiger partial charge in [0, 0.05) is 12.6 Å². The lowest BCUT2D eigenvalue weighted by Gasteiger charge is -2.07. The van der Waals surface area contributed by atoms with Crippen LogP contribution in [-0.2, 0) is 0 Å². The van der Waals surface area contributed by atoms with Crippen LogP contribution in [0.4, 0.5) is 10.1 Å². The Balaban J connectivity index is 1.65. The van der Waals surface area contributed by atoms with Gasteiger partial charge >= 0.3 is 0 Å². The molecule has 136 valence electrons. The first kappa shape index (κ1) is 17.0. The molecule has 0 aliphatic heterocycles. The van der Waals surface area contributed by atoms with E-state index in [9.17, 15) is 9.18 Å². The summed E-state index contributed by atoms with van der Waals surface area (Å²) in [5.74, 6) is -0.0181. The van der Waals surface area contributed by atoms with Crippen LogP contribution in [0.5, 0.6) is 0 Å². The molecule has 27 heavy (non-hydrogen) atoms. The fraction of sp³-hybridized carbons (Fsp3) is 0.150. The lowest BCUT2D eigenvalue weighted by Crippen LogP contribution is -2.14. The van der Waals surface area contributed by atoms with E-state index in [0.717, 1.165) is 0 Å². The summed E-state index contributed by atoms with van der Waals surface area (Å²) in [5.41, 5.74) is 4.41. The van der Waals surface area contributed by atoms with Gasteiger partial charge in [-0.1, -0.05) is 0 Å². The Hall–Kier alpha value is -3.48. The molecular formula is C20H17FN4O2. The molecule has 0 atom stereocenters. The minimum atomic E-state index is -0.322. The van der Waals surface area contributed by atoms with Gasteiger partial charge in [-0.25, -0.2) is 14.1 Å². The average Bonchev–Trinajstić information content (AvgIpc) is 3.13. The third-order valence-electron chi connectivity index (χ3n) is 4.34. The van der Waals surface area contributed by atoms with Crippen molar-refractivity contribution in [2.45, 2.75) is 20.8 Å². The van der Waals surface area contributed by atoms with Crippen molar-refractivity contribution in [1.82, 2.24) is 14.8 Å². The van der Waals surface area contributed by atoms with Crippen molar-refractivity contribution in [3.63, 3.8) is 0 Å². The second-order valence-electron chi connectivity index (χ2n) is 6.30. The van der Waals surface area contributed by atoms with Crippen molar-refractivity contribution in [3.05, 3.63) is 71.1 Å². The molecule has 0 bridgehead atoms. The van der Waals surface area contributed by atoms with E-state index in [1.807, 2.05) is 6.92 Å². The summed E-state index contributed by atoms with van der Waals surface area (Å²) in [6.07, 6.45) is 0. The number of hydrogen-bond donors (Lipinski definition) is 1. The quantitative estimate of drug-likeness (QED) is 0.587. The van der Waals surface area contributed by atoms with Gasteiger partial charge in [0.2, 0.25) is 0 Å². The van der Waals surface area contributed by atoms with Crippen LogP contribution in [0.25, 0.3) is 16.8 Å². The highest BCUT2D eigenvalue weighted by Crippen LogP contribution is 2.22. The molecule has 2 heterocycles. The van der Waals surface area contributed by atoms with Crippen LogP contribution in [-0.4, -0.2) is 20.7 Å². The van der Waals surface area contributed by atoms with Crippen LogP contribution in [0.3, 0.4) is 0 Å². The molecule has 0 aliphatic carbocycles. The van der Waals surface area contributed by atoms with Gasteiger partial charge in [0.25, 0.3) is 5.91 Å². The zero-order valence-corrected chi connectivity index (χ0v) is 15.1. The predicted octanol–water partition coefficient (Wildman–Crippen LogP) is 4.33. The van der Waals surface area contributed by atoms with Gasteiger partial charge in [-0.3, -0.25) is 4.79 Å². The zero-order chi connectivity index (χ0) is 19.1. The number of aromatic nitrogens is 3. The van der Waals surface area contributed by atoms with Gasteiger partial charge in [0.15, 0.2) is 11.5 Å². The number of carbonyl (C=O) groups is 1. The van der Waals surface area contributed by atoms with Crippen LogP contribution in [0.2, 0.25) is 0 Å². The van der Waals surface area contributed by atoms with E-state index < -0.39 is 0 Å². The monoisotopic (exact) mass is 364 g/mol. The van der Waals surface area contributed by atoms with Gasteiger partial charge in [-0.15, -0.1) is 0 Å². The van der Waals surface area contributed by atoms with Crippen molar-refractivity contribution in [3.8, 4) is 5.69 Å². The summed E-state index contributed by atoms with van der Waals surface area (Å²) in [5, 5.41) is 7.31. The second kappa shape index (κ2) is 6.35. The lowest BCUT2D eigenvalue weighted by atomic mass is 10.1. The topological polar surface area (TPSA) is 73.0 Å². The average molecular weight is 364 g/mol. The van der Waals surface area contributed by atoms with Crippen LogP contribution in [0, 0.1) is 26.6 Å². The third-order valence-corrected chi connectivity index (χ3v) is 4.34. The normalized spacial score (nSPS) is 11.1. The number of aryl methyl sites for hydroxylation is 2. The molecule has 2 aromatic heterocycles. The Morgan fingerprint density at radius 2 is 1.85 bits per heavy atom. The standard InChI is InChI=1S/C20H17FN4O2/c1-11-19(12(2)25(24-11)16-7-4-14(21)5-8-16)20(26)23-15-6-9-18-17(10-15)22-13(3)27-18/h4-10H,1-3H3,(H,23,26). The van der Waals surface area contributed by atoms with E-state index in [2.05, 4.69) is 15.4 Å². The van der Waals surface area contributed by atoms with Gasteiger partial charge in [0.1, 0.15) is 11.3 Å². The van der Waals surface area contributed by atoms with Gasteiger partial charge in [0.05, 0.1) is 22.6 Å². The summed E-state index contributed by atoms with van der Waals surface area (Å²) in [4.78, 5) is 17.1. The Morgan fingerprint density at radius 3 is 2.59 bits per heavy atom. The maximum atomic E-state index is 13.2. The molecule has 0 radical (unpaired) electrons. The highest BCUT2D eigenvalue weighted by molar-refractivity contribution is 6.06. The maximum Gasteiger partial charge on any atom is 0.259 e. The number of anilines is 1. The molecule has 4 aromatic rings. The molecule has 0 saturated heterocycles. The molecule has 2 aromatic carbocycles. The highest BCUT2D eigenvalue weighted by Gasteiger charge is 2.20. The number of nitrogens with zero attached hydrogens (tertiary/aromatic N) is 3. The Kier molecular flexibility index (Phi) is 3.99. The fourth-order valence-corrected chi connectivity index (χ4v) is 3.12. The van der Waals surface area contributed by atoms with E-state index in [1.54, 1.807) is 48.9 Å². The number of hydrogen-bond acceptors (Lipinski definition) is 4. The minimum absolute atomic E-state index is 0.266. The number of nitrogens with one attached hydrogen (secondary N) is 1. The molecule has 0 fully saturated rings. The molecule has 0 saturated carbocycles. The van der Waals surface area contributed by atoms with Crippen molar-refractivity contribution >= 4 is 22.7 Å². The number of amides is 1. The van der Waals surface area contributed by atoms with E-state index in [1.165, 1.54) is 12.1 Å². The summed E-state index contributed by atoms with van der Waals surface area (Å²) >= 11 is 0. The summed E-state index contributed by atoms with van der Waals surface area (Å²) in [6.45, 7) is 5.35. The maximum absolute atomic E-state index is 13.2. The number of carbonyl (C=O) groups excluding carboxylic acids is 1. The number of benzene rings is 2. The largest absolute Gasteiger partial charge is 0.441 e. The Morgan fingerprint density at radius 1 is 1.11 bits per heavy atom. The van der Waals surface area contributed by atoms with Crippen molar-refractivity contribution in [2.24, 2.45) is 0 Å².